The minimum atomic E-state index is 0.719. The molecule has 2 N–H and O–H groups in total. The van der Waals surface area contributed by atoms with E-state index >= 15 is 0 Å². The van der Waals surface area contributed by atoms with Crippen LogP contribution in [0.3, 0.4) is 0 Å². The minimum Gasteiger partial charge on any atom is -0.357 e. The van der Waals surface area contributed by atoms with Crippen LogP contribution >= 0.6 is 0 Å². The van der Waals surface area contributed by atoms with Crippen LogP contribution in [0.5, 0.6) is 0 Å². The number of nitrogens with zero attached hydrogens (tertiary/aromatic N) is 2. The van der Waals surface area contributed by atoms with E-state index in [9.17, 15) is 0 Å². The van der Waals surface area contributed by atoms with Gasteiger partial charge in [-0.3, -0.25) is 4.90 Å². The zero-order valence-corrected chi connectivity index (χ0v) is 14.9. The van der Waals surface area contributed by atoms with Crippen molar-refractivity contribution < 1.29 is 0 Å². The summed E-state index contributed by atoms with van der Waals surface area (Å²) in [5, 5.41) is 6.51. The van der Waals surface area contributed by atoms with Gasteiger partial charge in [0.2, 0.25) is 0 Å². The fourth-order valence-electron chi connectivity index (χ4n) is 2.91. The molecule has 23 heavy (non-hydrogen) atoms. The molecule has 2 rings (SSSR count). The Bertz CT molecular complexity index is 465. The number of likely N-dealkylation sites (tertiary alicyclic amines) is 1. The molecule has 0 aliphatic carbocycles. The maximum Gasteiger partial charge on any atom is 0.191 e. The van der Waals surface area contributed by atoms with Crippen LogP contribution in [0.25, 0.3) is 0 Å². The van der Waals surface area contributed by atoms with Gasteiger partial charge in [-0.2, -0.15) is 0 Å². The van der Waals surface area contributed by atoms with E-state index in [1.54, 1.807) is 0 Å². The van der Waals surface area contributed by atoms with Gasteiger partial charge in [0.15, 0.2) is 5.96 Å². The van der Waals surface area contributed by atoms with Crippen molar-refractivity contribution in [1.29, 1.82) is 0 Å². The van der Waals surface area contributed by atoms with Crippen molar-refractivity contribution in [3.8, 4) is 0 Å². The van der Waals surface area contributed by atoms with Gasteiger partial charge in [-0.1, -0.05) is 31.2 Å². The summed E-state index contributed by atoms with van der Waals surface area (Å²) < 4.78 is 0. The van der Waals surface area contributed by atoms with Crippen molar-refractivity contribution in [3.63, 3.8) is 0 Å². The maximum atomic E-state index is 4.61. The summed E-state index contributed by atoms with van der Waals surface area (Å²) in [4.78, 5) is 7.18. The molecule has 0 amide bonds. The highest BCUT2D eigenvalue weighted by molar-refractivity contribution is 5.79. The molecule has 0 atom stereocenters. The largest absolute Gasteiger partial charge is 0.357 e. The zero-order valence-electron chi connectivity index (χ0n) is 14.9. The molecule has 1 aromatic carbocycles. The highest BCUT2D eigenvalue weighted by Crippen LogP contribution is 2.18. The van der Waals surface area contributed by atoms with Gasteiger partial charge in [0.1, 0.15) is 0 Å². The summed E-state index contributed by atoms with van der Waals surface area (Å²) in [7, 11) is 0. The van der Waals surface area contributed by atoms with Gasteiger partial charge in [-0.15, -0.1) is 0 Å². The SMILES string of the molecule is CCNC(=NCc1ccc(CN2CCC(C)CC2)cc1)NCC. The first-order chi connectivity index (χ1) is 11.2. The summed E-state index contributed by atoms with van der Waals surface area (Å²) in [5.41, 5.74) is 2.67. The van der Waals surface area contributed by atoms with Gasteiger partial charge < -0.3 is 10.6 Å². The van der Waals surface area contributed by atoms with Crippen LogP contribution in [0, 0.1) is 5.92 Å². The van der Waals surface area contributed by atoms with Gasteiger partial charge in [0.25, 0.3) is 0 Å². The molecule has 0 aromatic heterocycles. The maximum absolute atomic E-state index is 4.61. The Kier molecular flexibility index (Phi) is 7.40. The number of rotatable bonds is 6. The third kappa shape index (κ3) is 6.22. The highest BCUT2D eigenvalue weighted by atomic mass is 15.2. The molecule has 4 heteroatoms. The number of hydrogen-bond acceptors (Lipinski definition) is 2. The second kappa shape index (κ2) is 9.56. The fraction of sp³-hybridized carbons (Fsp3) is 0.632. The van der Waals surface area contributed by atoms with Gasteiger partial charge >= 0.3 is 0 Å². The van der Waals surface area contributed by atoms with E-state index in [-0.39, 0.29) is 0 Å². The van der Waals surface area contributed by atoms with Crippen LogP contribution in [-0.4, -0.2) is 37.0 Å². The van der Waals surface area contributed by atoms with Crippen LogP contribution in [0.1, 0.15) is 44.7 Å². The topological polar surface area (TPSA) is 39.7 Å². The molecule has 0 unspecified atom stereocenters. The first-order valence-electron chi connectivity index (χ1n) is 9.03. The summed E-state index contributed by atoms with van der Waals surface area (Å²) >= 11 is 0. The monoisotopic (exact) mass is 316 g/mol. The van der Waals surface area contributed by atoms with Gasteiger partial charge in [0.05, 0.1) is 6.54 Å². The smallest absolute Gasteiger partial charge is 0.191 e. The average Bonchev–Trinajstić information content (AvgIpc) is 2.56. The third-order valence-corrected chi connectivity index (χ3v) is 4.41. The lowest BCUT2D eigenvalue weighted by Crippen LogP contribution is -2.36. The zero-order chi connectivity index (χ0) is 16.5. The van der Waals surface area contributed by atoms with E-state index in [2.05, 4.69) is 65.6 Å². The molecular weight excluding hydrogens is 284 g/mol. The van der Waals surface area contributed by atoms with Crippen molar-refractivity contribution in [2.75, 3.05) is 26.2 Å². The second-order valence-corrected chi connectivity index (χ2v) is 6.50. The second-order valence-electron chi connectivity index (χ2n) is 6.50. The van der Waals surface area contributed by atoms with E-state index in [0.717, 1.165) is 38.1 Å². The summed E-state index contributed by atoms with van der Waals surface area (Å²) in [6.07, 6.45) is 2.68. The van der Waals surface area contributed by atoms with Crippen molar-refractivity contribution in [1.82, 2.24) is 15.5 Å². The van der Waals surface area contributed by atoms with Gasteiger partial charge in [0, 0.05) is 19.6 Å². The number of benzene rings is 1. The standard InChI is InChI=1S/C19H32N4/c1-4-20-19(21-5-2)22-14-17-6-8-18(9-7-17)15-23-12-10-16(3)11-13-23/h6-9,16H,4-5,10-15H2,1-3H3,(H2,20,21,22). The van der Waals surface area contributed by atoms with Crippen molar-refractivity contribution in [2.45, 2.75) is 46.7 Å². The lowest BCUT2D eigenvalue weighted by Gasteiger charge is -2.30. The molecule has 1 heterocycles. The predicted octanol–water partition coefficient (Wildman–Crippen LogP) is 2.99. The van der Waals surface area contributed by atoms with E-state index in [0.29, 0.717) is 0 Å². The number of hydrogen-bond donors (Lipinski definition) is 2. The quantitative estimate of drug-likeness (QED) is 0.626. The molecule has 1 aliphatic heterocycles. The van der Waals surface area contributed by atoms with Crippen molar-refractivity contribution in [3.05, 3.63) is 35.4 Å². The third-order valence-electron chi connectivity index (χ3n) is 4.41. The molecule has 1 fully saturated rings. The Balaban J connectivity index is 1.85. The number of aliphatic imine (C=N–C) groups is 1. The molecule has 0 spiro atoms. The van der Waals surface area contributed by atoms with Crippen molar-refractivity contribution >= 4 is 5.96 Å². The average molecular weight is 316 g/mol. The molecule has 0 saturated carbocycles. The molecule has 0 bridgehead atoms. The normalized spacial score (nSPS) is 16.1. The van der Waals surface area contributed by atoms with E-state index in [1.807, 2.05) is 0 Å². The molecule has 1 aromatic rings. The molecule has 128 valence electrons. The molecule has 0 radical (unpaired) electrons. The number of nitrogens with one attached hydrogen (secondary N) is 2. The number of guanidine groups is 1. The summed E-state index contributed by atoms with van der Waals surface area (Å²) in [6.45, 7) is 12.6. The molecule has 1 aliphatic rings. The lowest BCUT2D eigenvalue weighted by atomic mass is 9.99. The Morgan fingerprint density at radius 3 is 2.17 bits per heavy atom. The first-order valence-corrected chi connectivity index (χ1v) is 9.03. The Morgan fingerprint density at radius 1 is 1.04 bits per heavy atom. The van der Waals surface area contributed by atoms with Crippen molar-refractivity contribution in [2.24, 2.45) is 10.9 Å². The van der Waals surface area contributed by atoms with E-state index < -0.39 is 0 Å². The molecule has 4 nitrogen and oxygen atoms in total. The Labute approximate surface area is 141 Å². The van der Waals surface area contributed by atoms with Gasteiger partial charge in [-0.25, -0.2) is 4.99 Å². The van der Waals surface area contributed by atoms with Crippen LogP contribution < -0.4 is 10.6 Å². The van der Waals surface area contributed by atoms with Crippen LogP contribution in [0.2, 0.25) is 0 Å². The van der Waals surface area contributed by atoms with E-state index in [4.69, 9.17) is 0 Å². The summed E-state index contributed by atoms with van der Waals surface area (Å²) in [5.74, 6) is 1.79. The lowest BCUT2D eigenvalue weighted by molar-refractivity contribution is 0.185. The molecule has 1 saturated heterocycles. The molecular formula is C19H32N4. The first kappa shape index (κ1) is 17.8. The highest BCUT2D eigenvalue weighted by Gasteiger charge is 2.15. The predicted molar refractivity (Wildman–Crippen MR) is 98.6 cm³/mol. The van der Waals surface area contributed by atoms with Crippen LogP contribution in [-0.2, 0) is 13.1 Å². The fourth-order valence-corrected chi connectivity index (χ4v) is 2.91. The summed E-state index contributed by atoms with van der Waals surface area (Å²) in [6, 6.07) is 8.92. The van der Waals surface area contributed by atoms with E-state index in [1.165, 1.54) is 37.1 Å². The minimum absolute atomic E-state index is 0.719. The van der Waals surface area contributed by atoms with Gasteiger partial charge in [-0.05, 0) is 56.8 Å². The van der Waals surface area contributed by atoms with Crippen LogP contribution in [0.15, 0.2) is 29.3 Å². The Hall–Kier alpha value is -1.55. The van der Waals surface area contributed by atoms with Crippen LogP contribution in [0.4, 0.5) is 0 Å². The Morgan fingerprint density at radius 2 is 1.61 bits per heavy atom. The number of piperidine rings is 1.